The summed E-state index contributed by atoms with van der Waals surface area (Å²) in [7, 11) is 0. The summed E-state index contributed by atoms with van der Waals surface area (Å²) in [5.74, 6) is 0.722. The van der Waals surface area contributed by atoms with Gasteiger partial charge in [-0.1, -0.05) is 18.5 Å². The monoisotopic (exact) mass is 294 g/mol. The van der Waals surface area contributed by atoms with Crippen molar-refractivity contribution in [3.05, 3.63) is 21.3 Å². The average molecular weight is 295 g/mol. The topological polar surface area (TPSA) is 41.1 Å². The lowest BCUT2D eigenvalue weighted by Crippen LogP contribution is -2.49. The molecule has 2 rings (SSSR count). The molecule has 0 aromatic carbocycles. The summed E-state index contributed by atoms with van der Waals surface area (Å²) in [5, 5.41) is 6.12. The Hall–Kier alpha value is -0.290. The lowest BCUT2D eigenvalue weighted by molar-refractivity contribution is -0.126. The first-order valence-corrected chi connectivity index (χ1v) is 6.59. The van der Waals surface area contributed by atoms with Crippen LogP contribution in [0.1, 0.15) is 11.8 Å². The van der Waals surface area contributed by atoms with Gasteiger partial charge in [0, 0.05) is 10.8 Å². The fraction of sp³-hybridized carbons (Fsp3) is 0.545. The molecule has 96 valence electrons. The average Bonchev–Trinajstić information content (AvgIpc) is 2.58. The highest BCUT2D eigenvalue weighted by Crippen LogP contribution is 2.21. The molecular weight excluding hydrogens is 279 g/mol. The van der Waals surface area contributed by atoms with Gasteiger partial charge in [-0.2, -0.15) is 0 Å². The molecule has 1 aliphatic heterocycles. The third-order valence-corrected chi connectivity index (χ3v) is 4.23. The summed E-state index contributed by atoms with van der Waals surface area (Å²) < 4.78 is 0.764. The number of carbonyl (C=O) groups is 1. The van der Waals surface area contributed by atoms with E-state index in [4.69, 9.17) is 11.6 Å². The Bertz CT molecular complexity index is 379. The van der Waals surface area contributed by atoms with Crippen molar-refractivity contribution in [1.29, 1.82) is 0 Å². The zero-order chi connectivity index (χ0) is 11.5. The maximum Gasteiger partial charge on any atom is 0.223 e. The van der Waals surface area contributed by atoms with Crippen molar-refractivity contribution in [1.82, 2.24) is 10.6 Å². The van der Waals surface area contributed by atoms with Gasteiger partial charge in [0.2, 0.25) is 5.91 Å². The summed E-state index contributed by atoms with van der Waals surface area (Å²) >= 11 is 7.33. The van der Waals surface area contributed by atoms with Gasteiger partial charge in [-0.05, 0) is 31.1 Å². The normalized spacial score (nSPS) is 16.8. The van der Waals surface area contributed by atoms with E-state index in [1.54, 1.807) is 0 Å². The lowest BCUT2D eigenvalue weighted by Gasteiger charge is -2.31. The molecule has 1 aromatic heterocycles. The van der Waals surface area contributed by atoms with Crippen LogP contribution < -0.4 is 10.6 Å². The predicted octanol–water partition coefficient (Wildman–Crippen LogP) is 2.30. The van der Waals surface area contributed by atoms with Crippen LogP contribution in [0.4, 0.5) is 0 Å². The Morgan fingerprint density at radius 2 is 2.35 bits per heavy atom. The van der Waals surface area contributed by atoms with Gasteiger partial charge in [0.05, 0.1) is 10.9 Å². The van der Waals surface area contributed by atoms with Crippen molar-refractivity contribution in [2.24, 2.45) is 11.8 Å². The highest BCUT2D eigenvalue weighted by Gasteiger charge is 2.28. The van der Waals surface area contributed by atoms with E-state index in [0.717, 1.165) is 22.3 Å². The molecule has 0 bridgehead atoms. The van der Waals surface area contributed by atoms with E-state index in [1.165, 1.54) is 11.3 Å². The van der Waals surface area contributed by atoms with Crippen molar-refractivity contribution >= 4 is 41.3 Å². The summed E-state index contributed by atoms with van der Waals surface area (Å²) in [5.41, 5.74) is 0. The second-order valence-electron chi connectivity index (χ2n) is 4.13. The molecule has 2 heterocycles. The second-order valence-corrected chi connectivity index (χ2v) is 5.93. The number of thiophene rings is 1. The summed E-state index contributed by atoms with van der Waals surface area (Å²) in [4.78, 5) is 12.9. The second kappa shape index (κ2) is 6.59. The van der Waals surface area contributed by atoms with Gasteiger partial charge >= 0.3 is 0 Å². The van der Waals surface area contributed by atoms with Crippen LogP contribution in [-0.4, -0.2) is 19.0 Å². The highest BCUT2D eigenvalue weighted by atomic mass is 35.5. The molecule has 17 heavy (non-hydrogen) atoms. The van der Waals surface area contributed by atoms with Gasteiger partial charge in [0.1, 0.15) is 0 Å². The molecule has 0 aliphatic carbocycles. The van der Waals surface area contributed by atoms with Gasteiger partial charge in [0.25, 0.3) is 0 Å². The smallest absolute Gasteiger partial charge is 0.223 e. The molecule has 0 radical (unpaired) electrons. The standard InChI is InChI=1S/C11H15ClN2OS.ClH/c1-7(8-4-13-5-8)11(15)14-6-9-2-3-10(12)16-9;/h2-3,7-8,13H,4-6H2,1H3,(H,14,15);1H. The first-order chi connectivity index (χ1) is 7.66. The lowest BCUT2D eigenvalue weighted by atomic mass is 9.88. The van der Waals surface area contributed by atoms with E-state index < -0.39 is 0 Å². The van der Waals surface area contributed by atoms with Gasteiger partial charge < -0.3 is 10.6 Å². The Morgan fingerprint density at radius 1 is 1.65 bits per heavy atom. The molecule has 1 unspecified atom stereocenters. The first kappa shape index (κ1) is 14.8. The zero-order valence-electron chi connectivity index (χ0n) is 9.53. The number of amides is 1. The van der Waals surface area contributed by atoms with Crippen LogP contribution >= 0.6 is 35.3 Å². The number of hydrogen-bond donors (Lipinski definition) is 2. The minimum Gasteiger partial charge on any atom is -0.351 e. The van der Waals surface area contributed by atoms with Crippen molar-refractivity contribution in [2.75, 3.05) is 13.1 Å². The van der Waals surface area contributed by atoms with E-state index in [0.29, 0.717) is 12.5 Å². The van der Waals surface area contributed by atoms with Crippen LogP contribution in [0.25, 0.3) is 0 Å². The number of halogens is 2. The van der Waals surface area contributed by atoms with Crippen LogP contribution in [0.3, 0.4) is 0 Å². The molecule has 1 fully saturated rings. The molecule has 1 saturated heterocycles. The van der Waals surface area contributed by atoms with Crippen molar-refractivity contribution < 1.29 is 4.79 Å². The highest BCUT2D eigenvalue weighted by molar-refractivity contribution is 7.16. The van der Waals surface area contributed by atoms with Crippen LogP contribution in [-0.2, 0) is 11.3 Å². The quantitative estimate of drug-likeness (QED) is 0.895. The van der Waals surface area contributed by atoms with Crippen molar-refractivity contribution in [2.45, 2.75) is 13.5 Å². The molecule has 0 spiro atoms. The Morgan fingerprint density at radius 3 is 2.82 bits per heavy atom. The van der Waals surface area contributed by atoms with E-state index in [9.17, 15) is 4.79 Å². The minimum atomic E-state index is 0. The minimum absolute atomic E-state index is 0. The Labute approximate surface area is 116 Å². The van der Waals surface area contributed by atoms with Gasteiger partial charge in [-0.3, -0.25) is 4.79 Å². The van der Waals surface area contributed by atoms with Gasteiger partial charge in [-0.25, -0.2) is 0 Å². The van der Waals surface area contributed by atoms with E-state index in [-0.39, 0.29) is 24.2 Å². The van der Waals surface area contributed by atoms with Crippen LogP contribution in [0.2, 0.25) is 4.34 Å². The van der Waals surface area contributed by atoms with Crippen LogP contribution in [0.5, 0.6) is 0 Å². The fourth-order valence-electron chi connectivity index (χ4n) is 1.66. The Balaban J connectivity index is 0.00000144. The molecule has 1 aliphatic rings. The molecular formula is C11H16Cl2N2OS. The molecule has 2 N–H and O–H groups in total. The Kier molecular flexibility index (Phi) is 5.73. The predicted molar refractivity (Wildman–Crippen MR) is 73.9 cm³/mol. The van der Waals surface area contributed by atoms with E-state index in [2.05, 4.69) is 10.6 Å². The molecule has 0 saturated carbocycles. The summed E-state index contributed by atoms with van der Waals surface area (Å²) in [6.07, 6.45) is 0. The maximum atomic E-state index is 11.8. The van der Waals surface area contributed by atoms with Gasteiger partial charge in [-0.15, -0.1) is 23.7 Å². The van der Waals surface area contributed by atoms with E-state index in [1.807, 2.05) is 19.1 Å². The number of rotatable bonds is 4. The largest absolute Gasteiger partial charge is 0.351 e. The number of carbonyl (C=O) groups excluding carboxylic acids is 1. The first-order valence-electron chi connectivity index (χ1n) is 5.39. The van der Waals surface area contributed by atoms with Crippen LogP contribution in [0.15, 0.2) is 12.1 Å². The van der Waals surface area contributed by atoms with Crippen molar-refractivity contribution in [3.8, 4) is 0 Å². The summed E-state index contributed by atoms with van der Waals surface area (Å²) in [6, 6.07) is 3.80. The molecule has 1 amide bonds. The number of hydrogen-bond acceptors (Lipinski definition) is 3. The van der Waals surface area contributed by atoms with E-state index >= 15 is 0 Å². The number of nitrogens with one attached hydrogen (secondary N) is 2. The molecule has 6 heteroatoms. The summed E-state index contributed by atoms with van der Waals surface area (Å²) in [6.45, 7) is 4.49. The van der Waals surface area contributed by atoms with Crippen LogP contribution in [0, 0.1) is 11.8 Å². The third-order valence-electron chi connectivity index (χ3n) is 3.00. The molecule has 1 atom stereocenters. The SMILES string of the molecule is CC(C(=O)NCc1ccc(Cl)s1)C1CNC1.Cl. The molecule has 1 aromatic rings. The maximum absolute atomic E-state index is 11.8. The van der Waals surface area contributed by atoms with Gasteiger partial charge in [0.15, 0.2) is 0 Å². The molecule has 3 nitrogen and oxygen atoms in total. The fourth-order valence-corrected chi connectivity index (χ4v) is 2.69. The third kappa shape index (κ3) is 3.85. The van der Waals surface area contributed by atoms with Crippen molar-refractivity contribution in [3.63, 3.8) is 0 Å². The zero-order valence-corrected chi connectivity index (χ0v) is 11.9.